The van der Waals surface area contributed by atoms with E-state index < -0.39 is 11.6 Å². The Balaban J connectivity index is 1.71. The van der Waals surface area contributed by atoms with E-state index >= 15 is 0 Å². The largest absolute Gasteiger partial charge is 0.294 e. The van der Waals surface area contributed by atoms with Crippen LogP contribution in [-0.4, -0.2) is 25.3 Å². The maximum absolute atomic E-state index is 13.9. The number of hydrogen-bond donors (Lipinski definition) is 0. The Morgan fingerprint density at radius 1 is 1.37 bits per heavy atom. The van der Waals surface area contributed by atoms with Gasteiger partial charge in [0.05, 0.1) is 16.8 Å². The van der Waals surface area contributed by atoms with Crippen molar-refractivity contribution in [1.82, 2.24) is 19.6 Å². The maximum Gasteiger partial charge on any atom is 0.290 e. The average molecular weight is 429 g/mol. The minimum absolute atomic E-state index is 0.0175. The Morgan fingerprint density at radius 3 is 2.73 bits per heavy atom. The molecule has 5 nitrogen and oxygen atoms in total. The molecular weight excluding hydrogens is 410 g/mol. The summed E-state index contributed by atoms with van der Waals surface area (Å²) in [6, 6.07) is 5.21. The van der Waals surface area contributed by atoms with Crippen molar-refractivity contribution in [2.24, 2.45) is 13.0 Å². The zero-order valence-electron chi connectivity index (χ0n) is 16.5. The fourth-order valence-corrected chi connectivity index (χ4v) is 3.64. The Morgan fingerprint density at radius 2 is 2.10 bits per heavy atom. The topological polar surface area (TPSA) is 52.7 Å². The quantitative estimate of drug-likeness (QED) is 0.410. The van der Waals surface area contributed by atoms with E-state index in [1.165, 1.54) is 16.4 Å². The first-order chi connectivity index (χ1) is 14.2. The van der Waals surface area contributed by atoms with Gasteiger partial charge in [0.15, 0.2) is 11.6 Å². The predicted molar refractivity (Wildman–Crippen MR) is 110 cm³/mol. The molecule has 1 saturated carbocycles. The molecule has 0 aliphatic heterocycles. The van der Waals surface area contributed by atoms with Gasteiger partial charge in [-0.1, -0.05) is 23.6 Å². The Labute approximate surface area is 177 Å². The molecule has 0 spiro atoms. The number of benzene rings is 1. The zero-order chi connectivity index (χ0) is 21.6. The number of aromatic nitrogens is 4. The van der Waals surface area contributed by atoms with Gasteiger partial charge < -0.3 is 0 Å². The summed E-state index contributed by atoms with van der Waals surface area (Å²) in [5.74, 6) is -0.131. The van der Waals surface area contributed by atoms with E-state index in [0.717, 1.165) is 25.3 Å². The van der Waals surface area contributed by atoms with Crippen LogP contribution in [0.5, 0.6) is 0 Å². The molecule has 1 aliphatic carbocycles. The van der Waals surface area contributed by atoms with Gasteiger partial charge in [0.1, 0.15) is 5.69 Å². The third-order valence-electron chi connectivity index (χ3n) is 5.15. The Bertz CT molecular complexity index is 1180. The first-order valence-electron chi connectivity index (χ1n) is 9.49. The number of halogens is 3. The van der Waals surface area contributed by atoms with Crippen molar-refractivity contribution >= 4 is 17.4 Å². The number of nitrogens with zero attached hydrogens (tertiary/aromatic N) is 4. The van der Waals surface area contributed by atoms with E-state index in [-0.39, 0.29) is 17.2 Å². The highest BCUT2D eigenvalue weighted by Gasteiger charge is 2.34. The van der Waals surface area contributed by atoms with Gasteiger partial charge in [0.2, 0.25) is 0 Å². The molecular formula is C22H19ClF2N4O. The van der Waals surface area contributed by atoms with Crippen LogP contribution < -0.4 is 0 Å². The minimum Gasteiger partial charge on any atom is -0.294 e. The van der Waals surface area contributed by atoms with Gasteiger partial charge in [0, 0.05) is 37.7 Å². The standard InChI is InChI=1S/C22H19ClF2N4O/c1-4-16-20(22(2,24)25)27-28(3)21(16)29-12-15(11-26-29)14-7-8-18(23)17(10-14)19(30)9-13-5-6-13/h1,7-8,10-13H,5-6,9H2,2-3H3. The molecule has 0 amide bonds. The second-order valence-corrected chi connectivity index (χ2v) is 8.05. The summed E-state index contributed by atoms with van der Waals surface area (Å²) in [6.45, 7) is 0.752. The monoisotopic (exact) mass is 428 g/mol. The normalized spacial score (nSPS) is 14.0. The molecule has 1 fully saturated rings. The summed E-state index contributed by atoms with van der Waals surface area (Å²) in [5, 5.41) is 8.59. The van der Waals surface area contributed by atoms with E-state index in [9.17, 15) is 13.6 Å². The molecule has 0 radical (unpaired) electrons. The highest BCUT2D eigenvalue weighted by atomic mass is 35.5. The second kappa shape index (κ2) is 7.37. The summed E-state index contributed by atoms with van der Waals surface area (Å²) in [5.41, 5.74) is 1.43. The molecule has 0 N–H and O–H groups in total. The predicted octanol–water partition coefficient (Wildman–Crippen LogP) is 5.00. The third-order valence-corrected chi connectivity index (χ3v) is 5.48. The van der Waals surface area contributed by atoms with Crippen LogP contribution in [0.3, 0.4) is 0 Å². The van der Waals surface area contributed by atoms with Crippen LogP contribution in [-0.2, 0) is 13.0 Å². The summed E-state index contributed by atoms with van der Waals surface area (Å²) >= 11 is 6.24. The van der Waals surface area contributed by atoms with Crippen LogP contribution in [0, 0.1) is 18.3 Å². The molecule has 0 saturated heterocycles. The number of aryl methyl sites for hydroxylation is 1. The van der Waals surface area contributed by atoms with Crippen molar-refractivity contribution in [3.05, 3.63) is 52.4 Å². The van der Waals surface area contributed by atoms with Crippen LogP contribution >= 0.6 is 11.6 Å². The SMILES string of the molecule is C#Cc1c(C(C)(F)F)nn(C)c1-n1cc(-c2ccc(Cl)c(C(=O)CC3CC3)c2)cn1. The smallest absolute Gasteiger partial charge is 0.290 e. The molecule has 3 aromatic rings. The zero-order valence-corrected chi connectivity index (χ0v) is 17.2. The second-order valence-electron chi connectivity index (χ2n) is 7.64. The molecule has 30 heavy (non-hydrogen) atoms. The van der Waals surface area contributed by atoms with Crippen LogP contribution in [0.25, 0.3) is 16.9 Å². The molecule has 1 aliphatic rings. The summed E-state index contributed by atoms with van der Waals surface area (Å²) in [6.07, 6.45) is 11.4. The van der Waals surface area contributed by atoms with Crippen molar-refractivity contribution in [3.8, 4) is 29.3 Å². The number of Topliss-reactive ketones (excluding diaryl/α,β-unsaturated/α-hetero) is 1. The first-order valence-corrected chi connectivity index (χ1v) is 9.87. The van der Waals surface area contributed by atoms with Crippen molar-refractivity contribution in [2.45, 2.75) is 32.1 Å². The highest BCUT2D eigenvalue weighted by Crippen LogP contribution is 2.36. The molecule has 154 valence electrons. The number of hydrogen-bond acceptors (Lipinski definition) is 3. The lowest BCUT2D eigenvalue weighted by Gasteiger charge is -2.07. The van der Waals surface area contributed by atoms with Crippen molar-refractivity contribution < 1.29 is 13.6 Å². The molecule has 1 aromatic carbocycles. The molecule has 2 aromatic heterocycles. The van der Waals surface area contributed by atoms with Gasteiger partial charge in [-0.15, -0.1) is 6.42 Å². The lowest BCUT2D eigenvalue weighted by molar-refractivity contribution is 0.0119. The Hall–Kier alpha value is -2.98. The van der Waals surface area contributed by atoms with Gasteiger partial charge in [-0.25, -0.2) is 9.36 Å². The Kier molecular flexibility index (Phi) is 4.99. The van der Waals surface area contributed by atoms with Crippen molar-refractivity contribution in [3.63, 3.8) is 0 Å². The first kappa shape index (κ1) is 20.3. The van der Waals surface area contributed by atoms with Gasteiger partial charge in [0.25, 0.3) is 5.92 Å². The summed E-state index contributed by atoms with van der Waals surface area (Å²) in [7, 11) is 1.53. The minimum atomic E-state index is -3.18. The van der Waals surface area contributed by atoms with Crippen LogP contribution in [0.2, 0.25) is 5.02 Å². The summed E-state index contributed by atoms with van der Waals surface area (Å²) in [4.78, 5) is 12.5. The number of carbonyl (C=O) groups is 1. The fourth-order valence-electron chi connectivity index (χ4n) is 3.42. The average Bonchev–Trinajstić information content (AvgIpc) is 3.23. The number of carbonyl (C=O) groups excluding carboxylic acids is 1. The lowest BCUT2D eigenvalue weighted by Crippen LogP contribution is -2.10. The molecule has 0 unspecified atom stereocenters. The van der Waals surface area contributed by atoms with Gasteiger partial charge in [-0.05, 0) is 36.5 Å². The van der Waals surface area contributed by atoms with Crippen LogP contribution in [0.1, 0.15) is 47.8 Å². The number of alkyl halides is 2. The molecule has 0 atom stereocenters. The van der Waals surface area contributed by atoms with Gasteiger partial charge >= 0.3 is 0 Å². The molecule has 2 heterocycles. The van der Waals surface area contributed by atoms with Gasteiger partial charge in [-0.2, -0.15) is 19.0 Å². The highest BCUT2D eigenvalue weighted by molar-refractivity contribution is 6.34. The summed E-state index contributed by atoms with van der Waals surface area (Å²) < 4.78 is 30.5. The number of ketones is 1. The molecule has 4 rings (SSSR count). The van der Waals surface area contributed by atoms with E-state index in [0.29, 0.717) is 28.5 Å². The molecule has 0 bridgehead atoms. The van der Waals surface area contributed by atoms with E-state index in [2.05, 4.69) is 16.1 Å². The van der Waals surface area contributed by atoms with Gasteiger partial charge in [-0.3, -0.25) is 4.79 Å². The van der Waals surface area contributed by atoms with E-state index in [4.69, 9.17) is 18.0 Å². The van der Waals surface area contributed by atoms with E-state index in [1.54, 1.807) is 30.6 Å². The fraction of sp³-hybridized carbons (Fsp3) is 0.318. The van der Waals surface area contributed by atoms with E-state index in [1.807, 2.05) is 0 Å². The number of rotatable bonds is 6. The number of terminal acetylenes is 1. The third kappa shape index (κ3) is 3.75. The van der Waals surface area contributed by atoms with Crippen molar-refractivity contribution in [2.75, 3.05) is 0 Å². The molecule has 8 heteroatoms. The lowest BCUT2D eigenvalue weighted by atomic mass is 10.0. The van der Waals surface area contributed by atoms with Crippen molar-refractivity contribution in [1.29, 1.82) is 0 Å². The van der Waals surface area contributed by atoms with Crippen LogP contribution in [0.15, 0.2) is 30.6 Å². The maximum atomic E-state index is 13.9. The van der Waals surface area contributed by atoms with Crippen LogP contribution in [0.4, 0.5) is 8.78 Å².